The highest BCUT2D eigenvalue weighted by atomic mass is 35.5. The van der Waals surface area contributed by atoms with Gasteiger partial charge in [-0.05, 0) is 62.6 Å². The largest absolute Gasteiger partial charge is 0.416 e. The van der Waals surface area contributed by atoms with E-state index in [1.165, 1.54) is 33.4 Å². The van der Waals surface area contributed by atoms with Gasteiger partial charge < -0.3 is 0 Å². The molecule has 0 aliphatic carbocycles. The number of aliphatic imine (C=N–C) groups is 1. The zero-order valence-corrected chi connectivity index (χ0v) is 21.5. The molecule has 36 heavy (non-hydrogen) atoms. The minimum absolute atomic E-state index is 0.0973. The van der Waals surface area contributed by atoms with E-state index in [0.717, 1.165) is 37.8 Å². The van der Waals surface area contributed by atoms with Gasteiger partial charge in [-0.2, -0.15) is 22.6 Å². The molecule has 4 rings (SSSR count). The van der Waals surface area contributed by atoms with E-state index >= 15 is 0 Å². The lowest BCUT2D eigenvalue weighted by molar-refractivity contribution is -0.137. The van der Waals surface area contributed by atoms with Crippen molar-refractivity contribution in [1.82, 2.24) is 14.1 Å². The first-order valence-electron chi connectivity index (χ1n) is 11.6. The van der Waals surface area contributed by atoms with Crippen molar-refractivity contribution in [2.75, 3.05) is 13.1 Å². The Hall–Kier alpha value is -2.69. The maximum Gasteiger partial charge on any atom is 0.416 e. The van der Waals surface area contributed by atoms with E-state index in [2.05, 4.69) is 10.1 Å². The quantitative estimate of drug-likeness (QED) is 0.349. The summed E-state index contributed by atoms with van der Waals surface area (Å²) in [6, 6.07) is 9.66. The van der Waals surface area contributed by atoms with Gasteiger partial charge in [-0.3, -0.25) is 4.99 Å². The molecule has 192 valence electrons. The molecule has 11 heteroatoms. The van der Waals surface area contributed by atoms with Crippen LogP contribution < -0.4 is 0 Å². The number of rotatable bonds is 5. The number of nitrogens with zero attached hydrogens (tertiary/aromatic N) is 4. The van der Waals surface area contributed by atoms with Crippen molar-refractivity contribution in [1.29, 1.82) is 0 Å². The lowest BCUT2D eigenvalue weighted by Gasteiger charge is -2.21. The molecule has 0 radical (unpaired) electrons. The average Bonchev–Trinajstić information content (AvgIpc) is 3.00. The lowest BCUT2D eigenvalue weighted by Crippen LogP contribution is -2.32. The van der Waals surface area contributed by atoms with Gasteiger partial charge in [0.05, 0.1) is 33.1 Å². The molecule has 1 aromatic heterocycles. The Morgan fingerprint density at radius 1 is 1.03 bits per heavy atom. The van der Waals surface area contributed by atoms with Crippen LogP contribution in [0.5, 0.6) is 0 Å². The molecule has 0 bridgehead atoms. The number of benzene rings is 2. The summed E-state index contributed by atoms with van der Waals surface area (Å²) in [4.78, 5) is 4.62. The molecular weight excluding hydrogens is 513 g/mol. The van der Waals surface area contributed by atoms with Gasteiger partial charge in [-0.1, -0.05) is 36.6 Å². The van der Waals surface area contributed by atoms with Crippen LogP contribution in [0, 0.1) is 13.8 Å². The van der Waals surface area contributed by atoms with Crippen LogP contribution >= 0.6 is 11.6 Å². The zero-order valence-electron chi connectivity index (χ0n) is 19.9. The van der Waals surface area contributed by atoms with Crippen LogP contribution in [0.1, 0.15) is 48.1 Å². The van der Waals surface area contributed by atoms with Crippen molar-refractivity contribution >= 4 is 33.5 Å². The fourth-order valence-electron chi connectivity index (χ4n) is 4.15. The summed E-state index contributed by atoms with van der Waals surface area (Å²) < 4.78 is 68.8. The van der Waals surface area contributed by atoms with Gasteiger partial charge in [0.25, 0.3) is 0 Å². The van der Waals surface area contributed by atoms with Crippen LogP contribution in [0.25, 0.3) is 5.69 Å². The molecule has 2 aromatic carbocycles. The Kier molecular flexibility index (Phi) is 7.59. The minimum Gasteiger partial charge on any atom is -0.256 e. The Bertz CT molecular complexity index is 1390. The predicted molar refractivity (Wildman–Crippen MR) is 134 cm³/mol. The first kappa shape index (κ1) is 26.4. The highest BCUT2D eigenvalue weighted by Crippen LogP contribution is 2.32. The second-order valence-electron chi connectivity index (χ2n) is 8.78. The molecule has 2 heterocycles. The molecule has 1 saturated heterocycles. The third-order valence-corrected chi connectivity index (χ3v) is 8.57. The number of sulfonamides is 1. The van der Waals surface area contributed by atoms with Gasteiger partial charge in [0.1, 0.15) is 5.15 Å². The van der Waals surface area contributed by atoms with Crippen molar-refractivity contribution in [3.63, 3.8) is 0 Å². The summed E-state index contributed by atoms with van der Waals surface area (Å²) >= 11 is 6.47. The summed E-state index contributed by atoms with van der Waals surface area (Å²) in [5.74, 6) is 0. The Morgan fingerprint density at radius 2 is 1.72 bits per heavy atom. The molecule has 0 amide bonds. The Morgan fingerprint density at radius 3 is 2.39 bits per heavy atom. The number of hydrogen-bond acceptors (Lipinski definition) is 4. The van der Waals surface area contributed by atoms with Crippen molar-refractivity contribution < 1.29 is 21.6 Å². The van der Waals surface area contributed by atoms with Crippen LogP contribution in [-0.4, -0.2) is 41.8 Å². The summed E-state index contributed by atoms with van der Waals surface area (Å²) in [6.07, 6.45) is 0.661. The van der Waals surface area contributed by atoms with Crippen LogP contribution in [-0.2, 0) is 16.2 Å². The Labute approximate surface area is 213 Å². The fourth-order valence-corrected chi connectivity index (χ4v) is 6.23. The third kappa shape index (κ3) is 5.50. The van der Waals surface area contributed by atoms with E-state index in [9.17, 15) is 21.6 Å². The van der Waals surface area contributed by atoms with Crippen LogP contribution in [0.4, 0.5) is 18.9 Å². The van der Waals surface area contributed by atoms with E-state index in [4.69, 9.17) is 11.6 Å². The molecule has 0 saturated carbocycles. The molecule has 0 atom stereocenters. The van der Waals surface area contributed by atoms with E-state index in [1.807, 2.05) is 0 Å². The number of halogens is 4. The van der Waals surface area contributed by atoms with Gasteiger partial charge in [0.15, 0.2) is 0 Å². The fraction of sp³-hybridized carbons (Fsp3) is 0.360. The van der Waals surface area contributed by atoms with Gasteiger partial charge >= 0.3 is 6.18 Å². The maximum atomic E-state index is 13.3. The second kappa shape index (κ2) is 10.4. The van der Waals surface area contributed by atoms with Crippen molar-refractivity contribution in [2.45, 2.75) is 50.6 Å². The van der Waals surface area contributed by atoms with E-state index in [1.54, 1.807) is 26.0 Å². The standard InChI is InChI=1S/C25H26ClF3N4O2S/c1-17-10-11-20(15-23(17)36(34,35)32-12-5-3-4-6-13-32)30-16-22-18(2)31-33(24(22)26)21-9-7-8-19(14-21)25(27,28)29/h7-11,14-16H,3-6,12-13H2,1-2H3. The molecular formula is C25H26ClF3N4O2S. The summed E-state index contributed by atoms with van der Waals surface area (Å²) in [7, 11) is -3.66. The SMILES string of the molecule is Cc1ccc(N=Cc2c(C)nn(-c3cccc(C(F)(F)F)c3)c2Cl)cc1S(=O)(=O)N1CCCCCC1. The molecule has 3 aromatic rings. The highest BCUT2D eigenvalue weighted by molar-refractivity contribution is 7.89. The van der Waals surface area contributed by atoms with Crippen molar-refractivity contribution in [3.05, 3.63) is 70.0 Å². The van der Waals surface area contributed by atoms with E-state index < -0.39 is 21.8 Å². The summed E-state index contributed by atoms with van der Waals surface area (Å²) in [5.41, 5.74) is 1.29. The molecule has 1 aliphatic heterocycles. The topological polar surface area (TPSA) is 67.6 Å². The third-order valence-electron chi connectivity index (χ3n) is 6.16. The average molecular weight is 539 g/mol. The number of aryl methyl sites for hydroxylation is 2. The predicted octanol–water partition coefficient (Wildman–Crippen LogP) is 6.48. The minimum atomic E-state index is -4.49. The van der Waals surface area contributed by atoms with Crippen LogP contribution in [0.15, 0.2) is 52.4 Å². The van der Waals surface area contributed by atoms with Gasteiger partial charge in [0, 0.05) is 19.3 Å². The first-order chi connectivity index (χ1) is 17.0. The second-order valence-corrected chi connectivity index (χ2v) is 11.0. The first-order valence-corrected chi connectivity index (χ1v) is 13.4. The zero-order chi connectivity index (χ0) is 26.1. The van der Waals surface area contributed by atoms with Crippen LogP contribution in [0.3, 0.4) is 0 Å². The summed E-state index contributed by atoms with van der Waals surface area (Å²) in [6.45, 7) is 4.41. The van der Waals surface area contributed by atoms with Crippen molar-refractivity contribution in [2.24, 2.45) is 4.99 Å². The smallest absolute Gasteiger partial charge is 0.256 e. The van der Waals surface area contributed by atoms with Gasteiger partial charge in [0.2, 0.25) is 10.0 Å². The van der Waals surface area contributed by atoms with E-state index in [-0.39, 0.29) is 15.7 Å². The Balaban J connectivity index is 1.65. The number of aromatic nitrogens is 2. The normalized spacial score (nSPS) is 15.9. The van der Waals surface area contributed by atoms with Gasteiger partial charge in [-0.25, -0.2) is 13.1 Å². The number of alkyl halides is 3. The maximum absolute atomic E-state index is 13.3. The molecule has 6 nitrogen and oxygen atoms in total. The van der Waals surface area contributed by atoms with Gasteiger partial charge in [-0.15, -0.1) is 0 Å². The van der Waals surface area contributed by atoms with Crippen LogP contribution in [0.2, 0.25) is 5.15 Å². The van der Waals surface area contributed by atoms with Crippen molar-refractivity contribution in [3.8, 4) is 5.69 Å². The van der Waals surface area contributed by atoms with E-state index in [0.29, 0.717) is 35.6 Å². The highest BCUT2D eigenvalue weighted by Gasteiger charge is 2.31. The molecule has 1 aliphatic rings. The monoisotopic (exact) mass is 538 g/mol. The molecule has 1 fully saturated rings. The molecule has 0 unspecified atom stereocenters. The lowest BCUT2D eigenvalue weighted by atomic mass is 10.2. The molecule has 0 N–H and O–H groups in total. The molecule has 0 spiro atoms. The summed E-state index contributed by atoms with van der Waals surface area (Å²) in [5, 5.41) is 4.38. The number of hydrogen-bond donors (Lipinski definition) is 0.